The molecule has 24 heavy (non-hydrogen) atoms. The van der Waals surface area contributed by atoms with Gasteiger partial charge in [0.2, 0.25) is 0 Å². The maximum Gasteiger partial charge on any atom is 0.335 e. The third-order valence-electron chi connectivity index (χ3n) is 5.50. The highest BCUT2D eigenvalue weighted by Crippen LogP contribution is 2.42. The predicted molar refractivity (Wildman–Crippen MR) is 92.7 cm³/mol. The van der Waals surface area contributed by atoms with Gasteiger partial charge in [-0.15, -0.1) is 0 Å². The normalized spacial score (nSPS) is 19.5. The number of benzene rings is 1. The zero-order valence-electron chi connectivity index (χ0n) is 14.4. The Morgan fingerprint density at radius 3 is 2.83 bits per heavy atom. The van der Waals surface area contributed by atoms with Crippen molar-refractivity contribution >= 4 is 11.5 Å². The summed E-state index contributed by atoms with van der Waals surface area (Å²) < 4.78 is 10.5. The Bertz CT molecular complexity index is 760. The summed E-state index contributed by atoms with van der Waals surface area (Å²) in [6.45, 7) is 2.00. The van der Waals surface area contributed by atoms with Gasteiger partial charge < -0.3 is 14.4 Å². The SMILES string of the molecule is COC(=O)C1=C2CCCN2CC2=C(C1)c1ccc(OC)cc1CC2. The highest BCUT2D eigenvalue weighted by atomic mass is 16.5. The van der Waals surface area contributed by atoms with E-state index in [0.717, 1.165) is 50.1 Å². The third-order valence-corrected chi connectivity index (χ3v) is 5.50. The van der Waals surface area contributed by atoms with Crippen LogP contribution in [-0.2, 0) is 16.0 Å². The number of nitrogens with zero attached hydrogens (tertiary/aromatic N) is 1. The molecule has 3 aliphatic rings. The molecule has 0 aromatic heterocycles. The fourth-order valence-corrected chi connectivity index (χ4v) is 4.29. The van der Waals surface area contributed by atoms with Gasteiger partial charge in [0.25, 0.3) is 0 Å². The molecule has 1 fully saturated rings. The second-order valence-electron chi connectivity index (χ2n) is 6.72. The molecular formula is C20H23NO3. The Hall–Kier alpha value is -2.23. The molecule has 1 aliphatic carbocycles. The largest absolute Gasteiger partial charge is 0.497 e. The smallest absolute Gasteiger partial charge is 0.335 e. The first-order chi connectivity index (χ1) is 11.7. The predicted octanol–water partition coefficient (Wildman–Crippen LogP) is 3.32. The van der Waals surface area contributed by atoms with Gasteiger partial charge in [0, 0.05) is 25.2 Å². The van der Waals surface area contributed by atoms with Crippen LogP contribution in [-0.4, -0.2) is 38.2 Å². The molecule has 1 aromatic rings. The highest BCUT2D eigenvalue weighted by molar-refractivity contribution is 5.93. The van der Waals surface area contributed by atoms with Crippen molar-refractivity contribution in [3.63, 3.8) is 0 Å². The highest BCUT2D eigenvalue weighted by Gasteiger charge is 2.32. The second kappa shape index (κ2) is 6.00. The molecule has 0 N–H and O–H groups in total. The van der Waals surface area contributed by atoms with Gasteiger partial charge in [-0.2, -0.15) is 0 Å². The number of aryl methyl sites for hydroxylation is 1. The Balaban J connectivity index is 1.80. The van der Waals surface area contributed by atoms with E-state index in [-0.39, 0.29) is 5.97 Å². The summed E-state index contributed by atoms with van der Waals surface area (Å²) in [5.74, 6) is 0.727. The monoisotopic (exact) mass is 325 g/mol. The number of rotatable bonds is 2. The maximum absolute atomic E-state index is 12.4. The van der Waals surface area contributed by atoms with Gasteiger partial charge >= 0.3 is 5.97 Å². The van der Waals surface area contributed by atoms with Crippen LogP contribution in [0.3, 0.4) is 0 Å². The average Bonchev–Trinajstić information content (AvgIpc) is 3.01. The lowest BCUT2D eigenvalue weighted by molar-refractivity contribution is -0.136. The number of ether oxygens (including phenoxy) is 2. The van der Waals surface area contributed by atoms with Gasteiger partial charge in [-0.1, -0.05) is 6.07 Å². The average molecular weight is 325 g/mol. The van der Waals surface area contributed by atoms with Crippen LogP contribution in [0.5, 0.6) is 5.75 Å². The van der Waals surface area contributed by atoms with Gasteiger partial charge in [0.15, 0.2) is 0 Å². The van der Waals surface area contributed by atoms with E-state index in [4.69, 9.17) is 9.47 Å². The van der Waals surface area contributed by atoms with Crippen LogP contribution in [0.4, 0.5) is 0 Å². The molecule has 0 saturated carbocycles. The van der Waals surface area contributed by atoms with Crippen LogP contribution >= 0.6 is 0 Å². The molecule has 1 saturated heterocycles. The maximum atomic E-state index is 12.4. The van der Waals surface area contributed by atoms with E-state index in [1.54, 1.807) is 7.11 Å². The first-order valence-corrected chi connectivity index (χ1v) is 8.64. The Morgan fingerprint density at radius 1 is 1.17 bits per heavy atom. The van der Waals surface area contributed by atoms with Crippen molar-refractivity contribution < 1.29 is 14.3 Å². The van der Waals surface area contributed by atoms with E-state index in [1.165, 1.54) is 35.1 Å². The van der Waals surface area contributed by atoms with E-state index in [9.17, 15) is 4.79 Å². The summed E-state index contributed by atoms with van der Waals surface area (Å²) in [6.07, 6.45) is 4.91. The molecule has 2 aliphatic heterocycles. The molecule has 0 radical (unpaired) electrons. The van der Waals surface area contributed by atoms with Crippen molar-refractivity contribution in [3.05, 3.63) is 46.2 Å². The Kier molecular flexibility index (Phi) is 3.83. The number of fused-ring (bicyclic) bond motifs is 3. The summed E-state index contributed by atoms with van der Waals surface area (Å²) in [5.41, 5.74) is 7.45. The van der Waals surface area contributed by atoms with Crippen LogP contribution in [0.2, 0.25) is 0 Å². The first kappa shape index (κ1) is 15.3. The van der Waals surface area contributed by atoms with Gasteiger partial charge in [0.05, 0.1) is 19.8 Å². The molecule has 0 unspecified atom stereocenters. The molecule has 0 atom stereocenters. The molecule has 0 spiro atoms. The van der Waals surface area contributed by atoms with Gasteiger partial charge in [-0.05, 0) is 60.1 Å². The molecule has 1 aromatic carbocycles. The number of hydrogen-bond acceptors (Lipinski definition) is 4. The van der Waals surface area contributed by atoms with Crippen molar-refractivity contribution in [3.8, 4) is 5.75 Å². The minimum atomic E-state index is -0.175. The molecule has 126 valence electrons. The summed E-state index contributed by atoms with van der Waals surface area (Å²) in [5, 5.41) is 0. The van der Waals surface area contributed by atoms with Crippen molar-refractivity contribution in [2.24, 2.45) is 0 Å². The lowest BCUT2D eigenvalue weighted by Gasteiger charge is -2.25. The van der Waals surface area contributed by atoms with Crippen LogP contribution < -0.4 is 4.74 Å². The number of methoxy groups -OCH3 is 2. The van der Waals surface area contributed by atoms with Crippen molar-refractivity contribution in [1.82, 2.24) is 4.90 Å². The molecule has 0 amide bonds. The standard InChI is InChI=1S/C20H23NO3/c1-23-15-7-8-16-13(10-15)5-6-14-12-21-9-3-4-19(21)18(11-17(14)16)20(22)24-2/h7-8,10H,3-6,9,11-12H2,1-2H3. The summed E-state index contributed by atoms with van der Waals surface area (Å²) in [7, 11) is 3.18. The van der Waals surface area contributed by atoms with Crippen molar-refractivity contribution in [2.45, 2.75) is 32.1 Å². The fraction of sp³-hybridized carbons (Fsp3) is 0.450. The van der Waals surface area contributed by atoms with Crippen LogP contribution in [0.1, 0.15) is 36.8 Å². The quantitative estimate of drug-likeness (QED) is 0.782. The number of carbonyl (C=O) groups is 1. The number of esters is 1. The minimum absolute atomic E-state index is 0.175. The fourth-order valence-electron chi connectivity index (χ4n) is 4.29. The van der Waals surface area contributed by atoms with E-state index >= 15 is 0 Å². The van der Waals surface area contributed by atoms with Crippen molar-refractivity contribution in [2.75, 3.05) is 27.3 Å². The summed E-state index contributed by atoms with van der Waals surface area (Å²) in [4.78, 5) is 14.8. The van der Waals surface area contributed by atoms with Gasteiger partial charge in [-0.3, -0.25) is 0 Å². The molecule has 0 bridgehead atoms. The second-order valence-corrected chi connectivity index (χ2v) is 6.72. The number of allylic oxidation sites excluding steroid dienone is 2. The Labute approximate surface area is 142 Å². The minimum Gasteiger partial charge on any atom is -0.497 e. The third kappa shape index (κ3) is 2.41. The summed E-state index contributed by atoms with van der Waals surface area (Å²) >= 11 is 0. The van der Waals surface area contributed by atoms with E-state index < -0.39 is 0 Å². The van der Waals surface area contributed by atoms with Gasteiger partial charge in [0.1, 0.15) is 5.75 Å². The van der Waals surface area contributed by atoms with E-state index in [0.29, 0.717) is 6.42 Å². The molecule has 4 rings (SSSR count). The molecule has 4 nitrogen and oxygen atoms in total. The zero-order valence-corrected chi connectivity index (χ0v) is 14.4. The topological polar surface area (TPSA) is 38.8 Å². The number of carbonyl (C=O) groups excluding carboxylic acids is 1. The molecule has 2 heterocycles. The van der Waals surface area contributed by atoms with Crippen molar-refractivity contribution in [1.29, 1.82) is 0 Å². The van der Waals surface area contributed by atoms with Crippen LogP contribution in [0.15, 0.2) is 35.0 Å². The molecular weight excluding hydrogens is 302 g/mol. The van der Waals surface area contributed by atoms with Crippen LogP contribution in [0, 0.1) is 0 Å². The number of hydrogen-bond donors (Lipinski definition) is 0. The Morgan fingerprint density at radius 2 is 2.04 bits per heavy atom. The first-order valence-electron chi connectivity index (χ1n) is 8.64. The van der Waals surface area contributed by atoms with Gasteiger partial charge in [-0.25, -0.2) is 4.79 Å². The van der Waals surface area contributed by atoms with E-state index in [2.05, 4.69) is 17.0 Å². The van der Waals surface area contributed by atoms with Crippen LogP contribution in [0.25, 0.3) is 5.57 Å². The molecule has 4 heteroatoms. The van der Waals surface area contributed by atoms with E-state index in [1.807, 2.05) is 6.07 Å². The summed E-state index contributed by atoms with van der Waals surface area (Å²) in [6, 6.07) is 6.31. The zero-order chi connectivity index (χ0) is 16.7. The lowest BCUT2D eigenvalue weighted by atomic mass is 9.82. The lowest BCUT2D eigenvalue weighted by Crippen LogP contribution is -2.22.